The minimum absolute atomic E-state index is 0.0166. The van der Waals surface area contributed by atoms with Crippen LogP contribution in [-0.4, -0.2) is 59.5 Å². The SMILES string of the molecule is N#Cc1cc(C(=N)c2cc(O[C@H](N)c3c(Cl)cncc3Cl)ccc2N)cnc1N1CCN(CC(F)(F)F)CC1. The highest BCUT2D eigenvalue weighted by molar-refractivity contribution is 6.35. The quantitative estimate of drug-likeness (QED) is 0.213. The lowest BCUT2D eigenvalue weighted by Crippen LogP contribution is -2.49. The van der Waals surface area contributed by atoms with Crippen molar-refractivity contribution in [2.24, 2.45) is 5.73 Å². The van der Waals surface area contributed by atoms with Crippen molar-refractivity contribution in [2.75, 3.05) is 43.4 Å². The molecule has 1 aliphatic heterocycles. The lowest BCUT2D eigenvalue weighted by molar-refractivity contribution is -0.146. The normalized spacial score (nSPS) is 15.1. The van der Waals surface area contributed by atoms with Gasteiger partial charge in [0.15, 0.2) is 6.23 Å². The predicted octanol–water partition coefficient (Wildman–Crippen LogP) is 4.37. The van der Waals surface area contributed by atoms with Gasteiger partial charge < -0.3 is 15.4 Å². The molecule has 2 aromatic heterocycles. The number of benzene rings is 1. The summed E-state index contributed by atoms with van der Waals surface area (Å²) in [4.78, 5) is 11.3. The Morgan fingerprint density at radius 2 is 1.79 bits per heavy atom. The number of anilines is 2. The second-order valence-corrected chi connectivity index (χ2v) is 9.58. The zero-order chi connectivity index (χ0) is 28.3. The lowest BCUT2D eigenvalue weighted by atomic mass is 10.0. The van der Waals surface area contributed by atoms with E-state index in [1.54, 1.807) is 17.0 Å². The number of hydrogen-bond acceptors (Lipinski definition) is 9. The molecule has 0 unspecified atom stereocenters. The van der Waals surface area contributed by atoms with Gasteiger partial charge in [0.1, 0.15) is 17.6 Å². The molecule has 9 nitrogen and oxygen atoms in total. The Kier molecular flexibility index (Phi) is 8.46. The topological polar surface area (TPSA) is 141 Å². The number of alkyl halides is 3. The molecular formula is C25H23Cl2F3N8O. The maximum Gasteiger partial charge on any atom is 0.401 e. The van der Waals surface area contributed by atoms with E-state index in [9.17, 15) is 18.4 Å². The third-order valence-corrected chi connectivity index (χ3v) is 6.68. The van der Waals surface area contributed by atoms with E-state index in [2.05, 4.69) is 16.0 Å². The van der Waals surface area contributed by atoms with Gasteiger partial charge in [-0.2, -0.15) is 18.4 Å². The van der Waals surface area contributed by atoms with Crippen LogP contribution in [0.1, 0.15) is 28.5 Å². The second kappa shape index (κ2) is 11.6. The standard InChI is InChI=1S/C25H23Cl2F3N8O/c26-18-11-35-12-19(27)21(18)23(34)39-16-1-2-20(32)17(8-16)22(33)15-7-14(9-31)24(36-10-15)38-5-3-37(4-6-38)13-25(28,29)30/h1-2,7-8,10-12,23,33H,3-6,13,32,34H2/t23-/m0/s1. The smallest absolute Gasteiger partial charge is 0.401 e. The lowest BCUT2D eigenvalue weighted by Gasteiger charge is -2.36. The first-order valence-electron chi connectivity index (χ1n) is 11.6. The van der Waals surface area contributed by atoms with Gasteiger partial charge in [0.25, 0.3) is 0 Å². The summed E-state index contributed by atoms with van der Waals surface area (Å²) in [5, 5.41) is 18.9. The minimum atomic E-state index is -4.27. The zero-order valence-corrected chi connectivity index (χ0v) is 21.9. The number of nitrogens with one attached hydrogen (secondary N) is 1. The van der Waals surface area contributed by atoms with Crippen LogP contribution < -0.4 is 21.1 Å². The number of nitriles is 1. The number of aromatic nitrogens is 2. The molecule has 3 heterocycles. The van der Waals surface area contributed by atoms with Gasteiger partial charge in [0.05, 0.1) is 27.9 Å². The van der Waals surface area contributed by atoms with Gasteiger partial charge in [-0.05, 0) is 24.3 Å². The number of rotatable bonds is 7. The molecule has 4 rings (SSSR count). The Bertz CT molecular complexity index is 1400. The van der Waals surface area contributed by atoms with Crippen LogP contribution in [0.25, 0.3) is 0 Å². The molecule has 1 atom stereocenters. The summed E-state index contributed by atoms with van der Waals surface area (Å²) in [5.74, 6) is 0.644. The number of piperazine rings is 1. The van der Waals surface area contributed by atoms with E-state index >= 15 is 0 Å². The predicted molar refractivity (Wildman–Crippen MR) is 142 cm³/mol. The summed E-state index contributed by atoms with van der Waals surface area (Å²) in [5.41, 5.74) is 13.7. The van der Waals surface area contributed by atoms with Crippen LogP contribution in [0.15, 0.2) is 42.9 Å². The van der Waals surface area contributed by atoms with Crippen molar-refractivity contribution in [3.63, 3.8) is 0 Å². The van der Waals surface area contributed by atoms with Crippen LogP contribution in [0.4, 0.5) is 24.7 Å². The summed E-state index contributed by atoms with van der Waals surface area (Å²) in [6, 6.07) is 8.23. The third-order valence-electron chi connectivity index (χ3n) is 6.08. The first kappa shape index (κ1) is 28.4. The number of halogens is 5. The summed E-state index contributed by atoms with van der Waals surface area (Å²) in [6.45, 7) is -0.0392. The Labute approximate surface area is 232 Å². The monoisotopic (exact) mass is 578 g/mol. The van der Waals surface area contributed by atoms with Crippen LogP contribution >= 0.6 is 23.2 Å². The van der Waals surface area contributed by atoms with Crippen molar-refractivity contribution >= 4 is 40.4 Å². The first-order valence-corrected chi connectivity index (χ1v) is 12.4. The molecule has 0 saturated carbocycles. The molecule has 0 radical (unpaired) electrons. The molecule has 1 fully saturated rings. The van der Waals surface area contributed by atoms with Crippen molar-refractivity contribution in [2.45, 2.75) is 12.4 Å². The third kappa shape index (κ3) is 6.69. The van der Waals surface area contributed by atoms with Crippen molar-refractivity contribution < 1.29 is 17.9 Å². The summed E-state index contributed by atoms with van der Waals surface area (Å²) < 4.78 is 43.9. The number of hydrogen-bond donors (Lipinski definition) is 3. The molecule has 204 valence electrons. The van der Waals surface area contributed by atoms with Gasteiger partial charge >= 0.3 is 6.18 Å². The summed E-state index contributed by atoms with van der Waals surface area (Å²) in [7, 11) is 0. The van der Waals surface area contributed by atoms with Gasteiger partial charge in [-0.25, -0.2) is 4.98 Å². The molecule has 0 bridgehead atoms. The van der Waals surface area contributed by atoms with Gasteiger partial charge in [0.2, 0.25) is 0 Å². The molecule has 0 aliphatic carbocycles. The van der Waals surface area contributed by atoms with Crippen LogP contribution in [0, 0.1) is 16.7 Å². The van der Waals surface area contributed by atoms with Crippen LogP contribution in [-0.2, 0) is 0 Å². The fourth-order valence-corrected chi connectivity index (χ4v) is 4.76. The molecule has 3 aromatic rings. The number of nitrogen functional groups attached to an aromatic ring is 1. The number of nitrogens with zero attached hydrogens (tertiary/aromatic N) is 5. The molecule has 1 aromatic carbocycles. The molecular weight excluding hydrogens is 556 g/mol. The minimum Gasteiger partial charge on any atom is -0.471 e. The Morgan fingerprint density at radius 3 is 2.41 bits per heavy atom. The number of nitrogens with two attached hydrogens (primary N) is 2. The van der Waals surface area contributed by atoms with Crippen LogP contribution in [0.5, 0.6) is 5.75 Å². The van der Waals surface area contributed by atoms with Crippen molar-refractivity contribution in [1.82, 2.24) is 14.9 Å². The Morgan fingerprint density at radius 1 is 1.13 bits per heavy atom. The second-order valence-electron chi connectivity index (χ2n) is 8.76. The highest BCUT2D eigenvalue weighted by atomic mass is 35.5. The van der Waals surface area contributed by atoms with E-state index in [1.807, 2.05) is 0 Å². The van der Waals surface area contributed by atoms with E-state index in [0.717, 1.165) is 0 Å². The highest BCUT2D eigenvalue weighted by Gasteiger charge is 2.32. The van der Waals surface area contributed by atoms with Gasteiger partial charge in [-0.3, -0.25) is 21.0 Å². The fourth-order valence-electron chi connectivity index (χ4n) is 4.18. The number of ether oxygens (including phenoxy) is 1. The average molecular weight is 579 g/mol. The van der Waals surface area contributed by atoms with Crippen LogP contribution in [0.2, 0.25) is 10.0 Å². The highest BCUT2D eigenvalue weighted by Crippen LogP contribution is 2.32. The Hall–Kier alpha value is -3.63. The molecule has 39 heavy (non-hydrogen) atoms. The molecule has 1 aliphatic rings. The zero-order valence-electron chi connectivity index (χ0n) is 20.3. The maximum atomic E-state index is 12.7. The van der Waals surface area contributed by atoms with E-state index in [4.69, 9.17) is 44.8 Å². The van der Waals surface area contributed by atoms with E-state index in [0.29, 0.717) is 28.3 Å². The molecule has 14 heteroatoms. The molecule has 5 N–H and O–H groups in total. The van der Waals surface area contributed by atoms with Gasteiger partial charge in [-0.1, -0.05) is 23.2 Å². The molecule has 0 spiro atoms. The fraction of sp³-hybridized carbons (Fsp3) is 0.280. The summed E-state index contributed by atoms with van der Waals surface area (Å²) >= 11 is 12.3. The van der Waals surface area contributed by atoms with E-state index < -0.39 is 18.9 Å². The van der Waals surface area contributed by atoms with Crippen molar-refractivity contribution in [3.8, 4) is 11.8 Å². The Balaban J connectivity index is 1.52. The maximum absolute atomic E-state index is 12.7. The molecule has 1 saturated heterocycles. The number of pyridine rings is 2. The van der Waals surface area contributed by atoms with Gasteiger partial charge in [0, 0.05) is 67.1 Å². The van der Waals surface area contributed by atoms with Crippen molar-refractivity contribution in [1.29, 1.82) is 10.7 Å². The van der Waals surface area contributed by atoms with Crippen molar-refractivity contribution in [3.05, 3.63) is 75.2 Å². The van der Waals surface area contributed by atoms with E-state index in [-0.39, 0.29) is 53.2 Å². The molecule has 0 amide bonds. The largest absolute Gasteiger partial charge is 0.471 e. The van der Waals surface area contributed by atoms with Crippen LogP contribution in [0.3, 0.4) is 0 Å². The first-order chi connectivity index (χ1) is 18.5. The summed E-state index contributed by atoms with van der Waals surface area (Å²) in [6.07, 6.45) is -1.09. The average Bonchev–Trinajstić information content (AvgIpc) is 2.88. The van der Waals surface area contributed by atoms with E-state index in [1.165, 1.54) is 35.6 Å². The van der Waals surface area contributed by atoms with Gasteiger partial charge in [-0.15, -0.1) is 0 Å².